The van der Waals surface area contributed by atoms with Crippen molar-refractivity contribution in [3.8, 4) is 0 Å². The summed E-state index contributed by atoms with van der Waals surface area (Å²) >= 11 is 1.16. The van der Waals surface area contributed by atoms with Gasteiger partial charge in [-0.3, -0.25) is 10.1 Å². The van der Waals surface area contributed by atoms with Crippen LogP contribution in [0.3, 0.4) is 0 Å². The number of nitro groups is 1. The van der Waals surface area contributed by atoms with Crippen LogP contribution in [0, 0.1) is 10.1 Å². The summed E-state index contributed by atoms with van der Waals surface area (Å²) in [4.78, 5) is 15.0. The van der Waals surface area contributed by atoms with Gasteiger partial charge in [0, 0.05) is 13.1 Å². The maximum atomic E-state index is 11.0. The van der Waals surface area contributed by atoms with Gasteiger partial charge in [0.25, 0.3) is 5.69 Å². The quantitative estimate of drug-likeness (QED) is 0.663. The number of rotatable bonds is 4. The molecule has 1 aromatic carbocycles. The zero-order valence-corrected chi connectivity index (χ0v) is 10.3. The maximum absolute atomic E-state index is 11.0. The molecule has 0 saturated heterocycles. The second-order valence-electron chi connectivity index (χ2n) is 3.49. The molecule has 2 aromatic rings. The van der Waals surface area contributed by atoms with E-state index in [9.17, 15) is 10.1 Å². The van der Waals surface area contributed by atoms with Gasteiger partial charge in [-0.15, -0.1) is 0 Å². The molecule has 8 heteroatoms. The second kappa shape index (κ2) is 5.15. The van der Waals surface area contributed by atoms with Gasteiger partial charge in [-0.2, -0.15) is 5.10 Å². The minimum atomic E-state index is -0.474. The van der Waals surface area contributed by atoms with Crippen LogP contribution in [0.15, 0.2) is 34.6 Å². The van der Waals surface area contributed by atoms with Crippen molar-refractivity contribution in [1.82, 2.24) is 14.8 Å². The first kappa shape index (κ1) is 12.5. The summed E-state index contributed by atoms with van der Waals surface area (Å²) in [6.45, 7) is -0.226. The first-order chi connectivity index (χ1) is 8.61. The van der Waals surface area contributed by atoms with Crippen LogP contribution in [0.25, 0.3) is 0 Å². The molecule has 2 rings (SSSR count). The molecule has 0 aliphatic heterocycles. The van der Waals surface area contributed by atoms with E-state index >= 15 is 0 Å². The Morgan fingerprint density at radius 3 is 2.89 bits per heavy atom. The van der Waals surface area contributed by atoms with Gasteiger partial charge < -0.3 is 5.11 Å². The molecule has 0 aliphatic rings. The third-order valence-electron chi connectivity index (χ3n) is 2.27. The molecule has 1 aromatic heterocycles. The van der Waals surface area contributed by atoms with Crippen LogP contribution >= 0.6 is 11.8 Å². The van der Waals surface area contributed by atoms with Crippen molar-refractivity contribution in [3.63, 3.8) is 0 Å². The summed E-state index contributed by atoms with van der Waals surface area (Å²) in [7, 11) is 1.71. The van der Waals surface area contributed by atoms with Crippen molar-refractivity contribution in [2.24, 2.45) is 7.05 Å². The zero-order chi connectivity index (χ0) is 13.1. The Hall–Kier alpha value is -1.93. The van der Waals surface area contributed by atoms with Gasteiger partial charge >= 0.3 is 0 Å². The van der Waals surface area contributed by atoms with Crippen LogP contribution in [-0.2, 0) is 13.7 Å². The van der Waals surface area contributed by atoms with Gasteiger partial charge in [0.1, 0.15) is 6.33 Å². The third kappa shape index (κ3) is 2.49. The Morgan fingerprint density at radius 2 is 2.33 bits per heavy atom. The van der Waals surface area contributed by atoms with Crippen molar-refractivity contribution in [2.45, 2.75) is 16.7 Å². The van der Waals surface area contributed by atoms with Crippen LogP contribution in [-0.4, -0.2) is 24.8 Å². The van der Waals surface area contributed by atoms with Crippen LogP contribution in [0.4, 0.5) is 5.69 Å². The second-order valence-corrected chi connectivity index (χ2v) is 4.49. The fourth-order valence-corrected chi connectivity index (χ4v) is 2.22. The lowest BCUT2D eigenvalue weighted by Gasteiger charge is -2.03. The molecule has 0 unspecified atom stereocenters. The highest BCUT2D eigenvalue weighted by atomic mass is 32.2. The van der Waals surface area contributed by atoms with Crippen LogP contribution in [0.2, 0.25) is 0 Å². The monoisotopic (exact) mass is 266 g/mol. The van der Waals surface area contributed by atoms with E-state index in [0.717, 1.165) is 11.8 Å². The van der Waals surface area contributed by atoms with E-state index < -0.39 is 4.92 Å². The number of aromatic nitrogens is 3. The number of aryl methyl sites for hydroxylation is 1. The standard InChI is InChI=1S/C10H10N4O3S/c1-13-10(11-6-12-13)18-9-3-2-7(5-15)4-8(9)14(16)17/h2-4,6,15H,5H2,1H3. The fourth-order valence-electron chi connectivity index (χ4n) is 1.37. The summed E-state index contributed by atoms with van der Waals surface area (Å²) < 4.78 is 1.54. The third-order valence-corrected chi connectivity index (χ3v) is 3.39. The molecule has 1 N–H and O–H groups in total. The van der Waals surface area contributed by atoms with Gasteiger partial charge in [-0.25, -0.2) is 9.67 Å². The first-order valence-corrected chi connectivity index (χ1v) is 5.83. The van der Waals surface area contributed by atoms with Gasteiger partial charge in [0.05, 0.1) is 16.4 Å². The lowest BCUT2D eigenvalue weighted by molar-refractivity contribution is -0.387. The number of hydrogen-bond donors (Lipinski definition) is 1. The lowest BCUT2D eigenvalue weighted by Crippen LogP contribution is -1.96. The van der Waals surface area contributed by atoms with Crippen molar-refractivity contribution >= 4 is 17.4 Å². The van der Waals surface area contributed by atoms with Gasteiger partial charge in [-0.1, -0.05) is 6.07 Å². The highest BCUT2D eigenvalue weighted by Crippen LogP contribution is 2.33. The van der Waals surface area contributed by atoms with E-state index in [1.165, 1.54) is 17.1 Å². The number of nitro benzene ring substituents is 1. The molecular formula is C10H10N4O3S. The highest BCUT2D eigenvalue weighted by molar-refractivity contribution is 7.99. The highest BCUT2D eigenvalue weighted by Gasteiger charge is 2.17. The van der Waals surface area contributed by atoms with Crippen LogP contribution in [0.5, 0.6) is 0 Å². The average molecular weight is 266 g/mol. The smallest absolute Gasteiger partial charge is 0.283 e. The Bertz CT molecular complexity index is 584. The molecule has 0 fully saturated rings. The van der Waals surface area contributed by atoms with E-state index in [1.807, 2.05) is 0 Å². The minimum absolute atomic E-state index is 0.0467. The van der Waals surface area contributed by atoms with Crippen LogP contribution in [0.1, 0.15) is 5.56 Å². The van der Waals surface area contributed by atoms with Crippen molar-refractivity contribution in [2.75, 3.05) is 0 Å². The van der Waals surface area contributed by atoms with Crippen molar-refractivity contribution in [1.29, 1.82) is 0 Å². The average Bonchev–Trinajstić information content (AvgIpc) is 2.75. The van der Waals surface area contributed by atoms with E-state index in [1.54, 1.807) is 19.2 Å². The largest absolute Gasteiger partial charge is 0.392 e. The molecule has 0 aliphatic carbocycles. The van der Waals surface area contributed by atoms with E-state index in [2.05, 4.69) is 10.1 Å². The summed E-state index contributed by atoms with van der Waals surface area (Å²) in [6.07, 6.45) is 1.39. The maximum Gasteiger partial charge on any atom is 0.283 e. The summed E-state index contributed by atoms with van der Waals surface area (Å²) in [6, 6.07) is 4.60. The number of aliphatic hydroxyl groups is 1. The zero-order valence-electron chi connectivity index (χ0n) is 9.48. The summed E-state index contributed by atoms with van der Waals surface area (Å²) in [5.74, 6) is 0. The molecule has 0 radical (unpaired) electrons. The molecule has 1 heterocycles. The van der Waals surface area contributed by atoms with Crippen LogP contribution < -0.4 is 0 Å². The number of benzene rings is 1. The summed E-state index contributed by atoms with van der Waals surface area (Å²) in [5.41, 5.74) is 0.457. The number of hydrogen-bond acceptors (Lipinski definition) is 6. The summed E-state index contributed by atoms with van der Waals surface area (Å²) in [5, 5.41) is 24.4. The topological polar surface area (TPSA) is 94.1 Å². The molecule has 0 spiro atoms. The lowest BCUT2D eigenvalue weighted by atomic mass is 10.2. The van der Waals surface area contributed by atoms with Crippen molar-refractivity contribution in [3.05, 3.63) is 40.2 Å². The van der Waals surface area contributed by atoms with Crippen molar-refractivity contribution < 1.29 is 10.0 Å². The Kier molecular flexibility index (Phi) is 3.58. The SMILES string of the molecule is Cn1ncnc1Sc1ccc(CO)cc1[N+](=O)[O-]. The molecule has 0 atom stereocenters. The Morgan fingerprint density at radius 1 is 1.56 bits per heavy atom. The fraction of sp³-hybridized carbons (Fsp3) is 0.200. The first-order valence-electron chi connectivity index (χ1n) is 5.02. The van der Waals surface area contributed by atoms with Gasteiger partial charge in [-0.05, 0) is 23.4 Å². The molecule has 7 nitrogen and oxygen atoms in total. The molecule has 0 bridgehead atoms. The Balaban J connectivity index is 2.38. The predicted molar refractivity (Wildman–Crippen MR) is 64.1 cm³/mol. The van der Waals surface area contributed by atoms with Gasteiger partial charge in [0.2, 0.25) is 0 Å². The number of aliphatic hydroxyl groups excluding tert-OH is 1. The van der Waals surface area contributed by atoms with E-state index in [4.69, 9.17) is 5.11 Å². The molecular weight excluding hydrogens is 256 g/mol. The predicted octanol–water partition coefficient (Wildman–Crippen LogP) is 1.37. The molecule has 0 saturated carbocycles. The van der Waals surface area contributed by atoms with E-state index in [-0.39, 0.29) is 12.3 Å². The minimum Gasteiger partial charge on any atom is -0.392 e. The number of nitrogens with zero attached hydrogens (tertiary/aromatic N) is 4. The molecule has 94 valence electrons. The van der Waals surface area contributed by atoms with E-state index in [0.29, 0.717) is 15.6 Å². The van der Waals surface area contributed by atoms with Gasteiger partial charge in [0.15, 0.2) is 5.16 Å². The normalized spacial score (nSPS) is 10.6. The Labute approximate surface area is 107 Å². The molecule has 0 amide bonds. The molecule has 18 heavy (non-hydrogen) atoms.